The van der Waals surface area contributed by atoms with Crippen molar-refractivity contribution in [3.05, 3.63) is 41.4 Å². The minimum atomic E-state index is -3.48. The summed E-state index contributed by atoms with van der Waals surface area (Å²) in [5, 5.41) is 3.21. The zero-order chi connectivity index (χ0) is 23.5. The Kier molecular flexibility index (Phi) is 7.15. The number of nitrogens with one attached hydrogen (secondary N) is 2. The first kappa shape index (κ1) is 23.7. The highest BCUT2D eigenvalue weighted by molar-refractivity contribution is 7.92. The molecular weight excluding hydrogens is 458 g/mol. The van der Waals surface area contributed by atoms with Crippen LogP contribution in [0.3, 0.4) is 0 Å². The molecule has 0 bridgehead atoms. The van der Waals surface area contributed by atoms with E-state index in [0.717, 1.165) is 0 Å². The number of halogens is 1. The molecule has 2 N–H and O–H groups in total. The van der Waals surface area contributed by atoms with Crippen LogP contribution in [0.4, 0.5) is 17.1 Å². The zero-order valence-corrected chi connectivity index (χ0v) is 19.4. The van der Waals surface area contributed by atoms with E-state index in [1.165, 1.54) is 38.2 Å². The van der Waals surface area contributed by atoms with Gasteiger partial charge in [0.1, 0.15) is 11.5 Å². The number of sulfonamides is 1. The molecule has 0 aliphatic carbocycles. The van der Waals surface area contributed by atoms with E-state index in [1.54, 1.807) is 24.3 Å². The van der Waals surface area contributed by atoms with Crippen molar-refractivity contribution in [3.8, 4) is 11.5 Å². The van der Waals surface area contributed by atoms with E-state index in [9.17, 15) is 18.0 Å². The molecule has 2 amide bonds. The Hall–Kier alpha value is -2.98. The second-order valence-corrected chi connectivity index (χ2v) is 9.58. The van der Waals surface area contributed by atoms with Gasteiger partial charge in [0.05, 0.1) is 37.3 Å². The summed E-state index contributed by atoms with van der Waals surface area (Å²) in [4.78, 5) is 26.9. The van der Waals surface area contributed by atoms with Gasteiger partial charge < -0.3 is 19.7 Å². The first-order valence-electron chi connectivity index (χ1n) is 9.80. The normalized spacial score (nSPS) is 16.1. The number of nitrogens with zero attached hydrogens (tertiary/aromatic N) is 1. The average Bonchev–Trinajstić information content (AvgIpc) is 3.16. The predicted octanol–water partition coefficient (Wildman–Crippen LogP) is 3.11. The molecule has 1 saturated heterocycles. The Morgan fingerprint density at radius 2 is 1.88 bits per heavy atom. The van der Waals surface area contributed by atoms with Crippen LogP contribution >= 0.6 is 11.6 Å². The van der Waals surface area contributed by atoms with E-state index in [4.69, 9.17) is 21.1 Å². The number of ether oxygens (including phenoxy) is 2. The molecule has 0 spiro atoms. The van der Waals surface area contributed by atoms with Gasteiger partial charge in [-0.3, -0.25) is 14.3 Å². The zero-order valence-electron chi connectivity index (χ0n) is 17.8. The Morgan fingerprint density at radius 1 is 1.16 bits per heavy atom. The number of benzene rings is 2. The number of carbonyl (C=O) groups is 2. The van der Waals surface area contributed by atoms with E-state index in [0.29, 0.717) is 22.1 Å². The molecule has 1 atom stereocenters. The molecular formula is C21H24ClN3O6S. The molecule has 1 unspecified atom stereocenters. The second kappa shape index (κ2) is 9.66. The topological polar surface area (TPSA) is 114 Å². The standard InChI is InChI=1S/C21H24ClN3O6S/c1-4-32(28,29)24-16-7-6-15(11-19(16)31-3)23-21(27)13-9-20(26)25(12-13)17-10-14(22)5-8-18(17)30-2/h5-8,10-11,13,24H,4,9,12H2,1-3H3,(H,23,27). The Balaban J connectivity index is 1.74. The minimum absolute atomic E-state index is 0.0347. The lowest BCUT2D eigenvalue weighted by Gasteiger charge is -2.20. The molecule has 2 aromatic rings. The molecule has 9 nitrogen and oxygen atoms in total. The maximum Gasteiger partial charge on any atom is 0.232 e. The van der Waals surface area contributed by atoms with Gasteiger partial charge in [-0.15, -0.1) is 0 Å². The van der Waals surface area contributed by atoms with Gasteiger partial charge in [0, 0.05) is 29.7 Å². The molecule has 1 aliphatic rings. The number of hydrogen-bond donors (Lipinski definition) is 2. The molecule has 1 fully saturated rings. The highest BCUT2D eigenvalue weighted by Crippen LogP contribution is 2.36. The van der Waals surface area contributed by atoms with Crippen LogP contribution in [-0.4, -0.2) is 46.7 Å². The summed E-state index contributed by atoms with van der Waals surface area (Å²) in [6.45, 7) is 1.70. The lowest BCUT2D eigenvalue weighted by molar-refractivity contribution is -0.122. The minimum Gasteiger partial charge on any atom is -0.495 e. The van der Waals surface area contributed by atoms with Gasteiger partial charge in [-0.05, 0) is 37.3 Å². The number of amides is 2. The van der Waals surface area contributed by atoms with Crippen LogP contribution in [-0.2, 0) is 19.6 Å². The molecule has 172 valence electrons. The largest absolute Gasteiger partial charge is 0.495 e. The predicted molar refractivity (Wildman–Crippen MR) is 123 cm³/mol. The lowest BCUT2D eigenvalue weighted by atomic mass is 10.1. The van der Waals surface area contributed by atoms with Crippen LogP contribution in [0.25, 0.3) is 0 Å². The number of hydrogen-bond acceptors (Lipinski definition) is 6. The fourth-order valence-electron chi connectivity index (χ4n) is 3.33. The van der Waals surface area contributed by atoms with Gasteiger partial charge >= 0.3 is 0 Å². The van der Waals surface area contributed by atoms with Crippen molar-refractivity contribution in [2.45, 2.75) is 13.3 Å². The first-order chi connectivity index (χ1) is 15.2. The van der Waals surface area contributed by atoms with Crippen molar-refractivity contribution in [1.82, 2.24) is 0 Å². The number of methoxy groups -OCH3 is 2. The number of carbonyl (C=O) groups excluding carboxylic acids is 2. The highest BCUT2D eigenvalue weighted by atomic mass is 35.5. The Bertz CT molecular complexity index is 1140. The van der Waals surface area contributed by atoms with Crippen LogP contribution in [0, 0.1) is 5.92 Å². The molecule has 1 heterocycles. The van der Waals surface area contributed by atoms with Gasteiger partial charge in [0.25, 0.3) is 0 Å². The van der Waals surface area contributed by atoms with Crippen LogP contribution in [0.15, 0.2) is 36.4 Å². The third-order valence-corrected chi connectivity index (χ3v) is 6.57. The van der Waals surface area contributed by atoms with Gasteiger partial charge in [-0.2, -0.15) is 0 Å². The quantitative estimate of drug-likeness (QED) is 0.598. The SMILES string of the molecule is CCS(=O)(=O)Nc1ccc(NC(=O)C2CC(=O)N(c3cc(Cl)ccc3OC)C2)cc1OC. The maximum atomic E-state index is 12.8. The molecule has 1 aliphatic heterocycles. The van der Waals surface area contributed by atoms with Gasteiger partial charge in [0.15, 0.2) is 0 Å². The molecule has 0 radical (unpaired) electrons. The van der Waals surface area contributed by atoms with Gasteiger partial charge in [0.2, 0.25) is 21.8 Å². The van der Waals surface area contributed by atoms with E-state index >= 15 is 0 Å². The molecule has 32 heavy (non-hydrogen) atoms. The van der Waals surface area contributed by atoms with Gasteiger partial charge in [-0.1, -0.05) is 11.6 Å². The molecule has 2 aromatic carbocycles. The number of anilines is 3. The monoisotopic (exact) mass is 481 g/mol. The van der Waals surface area contributed by atoms with Crippen molar-refractivity contribution in [2.75, 3.05) is 41.5 Å². The van der Waals surface area contributed by atoms with Crippen LogP contribution in [0.2, 0.25) is 5.02 Å². The smallest absolute Gasteiger partial charge is 0.232 e. The van der Waals surface area contributed by atoms with Crippen LogP contribution in [0.1, 0.15) is 13.3 Å². The summed E-state index contributed by atoms with van der Waals surface area (Å²) >= 11 is 6.07. The second-order valence-electron chi connectivity index (χ2n) is 7.13. The Labute approximate surface area is 191 Å². The average molecular weight is 482 g/mol. The Morgan fingerprint density at radius 3 is 2.53 bits per heavy atom. The van der Waals surface area contributed by atoms with Crippen molar-refractivity contribution in [3.63, 3.8) is 0 Å². The maximum absolute atomic E-state index is 12.8. The lowest BCUT2D eigenvalue weighted by Crippen LogP contribution is -2.28. The van der Waals surface area contributed by atoms with Crippen molar-refractivity contribution in [1.29, 1.82) is 0 Å². The van der Waals surface area contributed by atoms with E-state index in [1.807, 2.05) is 0 Å². The van der Waals surface area contributed by atoms with Crippen molar-refractivity contribution >= 4 is 50.5 Å². The van der Waals surface area contributed by atoms with E-state index in [2.05, 4.69) is 10.0 Å². The molecule has 3 rings (SSSR count). The first-order valence-corrected chi connectivity index (χ1v) is 11.8. The third kappa shape index (κ3) is 5.25. The molecule has 0 aromatic heterocycles. The summed E-state index contributed by atoms with van der Waals surface area (Å²) < 4.78 is 36.6. The summed E-state index contributed by atoms with van der Waals surface area (Å²) in [5.41, 5.74) is 1.19. The fourth-order valence-corrected chi connectivity index (χ4v) is 4.14. The molecule has 11 heteroatoms. The summed E-state index contributed by atoms with van der Waals surface area (Å²) in [7, 11) is -0.587. The number of rotatable bonds is 8. The summed E-state index contributed by atoms with van der Waals surface area (Å²) in [6.07, 6.45) is 0.0347. The highest BCUT2D eigenvalue weighted by Gasteiger charge is 2.36. The van der Waals surface area contributed by atoms with E-state index < -0.39 is 15.9 Å². The van der Waals surface area contributed by atoms with Crippen molar-refractivity contribution < 1.29 is 27.5 Å². The van der Waals surface area contributed by atoms with Crippen LogP contribution in [0.5, 0.6) is 11.5 Å². The van der Waals surface area contributed by atoms with Crippen LogP contribution < -0.4 is 24.4 Å². The third-order valence-electron chi connectivity index (χ3n) is 5.04. The summed E-state index contributed by atoms with van der Waals surface area (Å²) in [5.74, 6) is -0.488. The van der Waals surface area contributed by atoms with Gasteiger partial charge in [-0.25, -0.2) is 8.42 Å². The summed E-state index contributed by atoms with van der Waals surface area (Å²) in [6, 6.07) is 9.53. The van der Waals surface area contributed by atoms with E-state index in [-0.39, 0.29) is 42.0 Å². The molecule has 0 saturated carbocycles. The fraction of sp³-hybridized carbons (Fsp3) is 0.333. The van der Waals surface area contributed by atoms with Crippen molar-refractivity contribution in [2.24, 2.45) is 5.92 Å².